The predicted octanol–water partition coefficient (Wildman–Crippen LogP) is 1.78. The minimum Gasteiger partial charge on any atom is -0.320 e. The summed E-state index contributed by atoms with van der Waals surface area (Å²) in [6, 6.07) is 3.65. The lowest BCUT2D eigenvalue weighted by atomic mass is 10.3. The highest BCUT2D eigenvalue weighted by molar-refractivity contribution is 9.10. The van der Waals surface area contributed by atoms with E-state index >= 15 is 0 Å². The van der Waals surface area contributed by atoms with E-state index in [1.807, 2.05) is 13.1 Å². The Morgan fingerprint density at radius 3 is 3.07 bits per heavy atom. The van der Waals surface area contributed by atoms with Gasteiger partial charge in [0.15, 0.2) is 0 Å². The number of hydrogen-bond donors (Lipinski definition) is 2. The maximum Gasteiger partial charge on any atom is 0.225 e. The van der Waals surface area contributed by atoms with Gasteiger partial charge in [0.2, 0.25) is 5.91 Å². The molecule has 0 aliphatic rings. The number of hydrogen-bond acceptors (Lipinski definition) is 3. The second kappa shape index (κ2) is 6.53. The van der Waals surface area contributed by atoms with Crippen molar-refractivity contribution >= 4 is 27.7 Å². The molecule has 0 fully saturated rings. The predicted molar refractivity (Wildman–Crippen MR) is 63.7 cm³/mol. The Kier molecular flexibility index (Phi) is 5.28. The molecule has 0 bridgehead atoms. The van der Waals surface area contributed by atoms with Crippen LogP contribution in [0.15, 0.2) is 22.8 Å². The van der Waals surface area contributed by atoms with Crippen molar-refractivity contribution in [3.8, 4) is 0 Å². The van der Waals surface area contributed by atoms with Crippen LogP contribution in [0.5, 0.6) is 0 Å². The summed E-state index contributed by atoms with van der Waals surface area (Å²) in [6.07, 6.45) is 2.98. The SMILES string of the molecule is CNCCCC(=O)Nc1ncccc1Br. The quantitative estimate of drug-likeness (QED) is 0.803. The van der Waals surface area contributed by atoms with Crippen molar-refractivity contribution in [2.24, 2.45) is 0 Å². The molecule has 0 saturated carbocycles. The third kappa shape index (κ3) is 4.40. The molecule has 1 heterocycles. The standard InChI is InChI=1S/C10H14BrN3O/c1-12-6-3-5-9(15)14-10-8(11)4-2-7-13-10/h2,4,7,12H,3,5-6H2,1H3,(H,13,14,15). The maximum atomic E-state index is 11.4. The van der Waals surface area contributed by atoms with Crippen molar-refractivity contribution in [2.75, 3.05) is 18.9 Å². The van der Waals surface area contributed by atoms with Crippen LogP contribution in [-0.2, 0) is 4.79 Å². The van der Waals surface area contributed by atoms with Gasteiger partial charge in [-0.25, -0.2) is 4.98 Å². The van der Waals surface area contributed by atoms with E-state index in [4.69, 9.17) is 0 Å². The van der Waals surface area contributed by atoms with E-state index in [1.165, 1.54) is 0 Å². The zero-order valence-corrected chi connectivity index (χ0v) is 10.2. The molecular formula is C10H14BrN3O. The molecule has 5 heteroatoms. The topological polar surface area (TPSA) is 54.0 Å². The smallest absolute Gasteiger partial charge is 0.225 e. The summed E-state index contributed by atoms with van der Waals surface area (Å²) in [7, 11) is 1.87. The van der Waals surface area contributed by atoms with E-state index in [2.05, 4.69) is 31.5 Å². The first-order valence-electron chi connectivity index (χ1n) is 4.79. The fourth-order valence-corrected chi connectivity index (χ4v) is 1.45. The second-order valence-corrected chi connectivity index (χ2v) is 3.94. The highest BCUT2D eigenvalue weighted by atomic mass is 79.9. The number of pyridine rings is 1. The van der Waals surface area contributed by atoms with Gasteiger partial charge in [-0.1, -0.05) is 0 Å². The number of amides is 1. The minimum atomic E-state index is -0.00958. The van der Waals surface area contributed by atoms with Gasteiger partial charge >= 0.3 is 0 Å². The number of aromatic nitrogens is 1. The summed E-state index contributed by atoms with van der Waals surface area (Å²) in [5.74, 6) is 0.566. The van der Waals surface area contributed by atoms with Crippen LogP contribution in [0.3, 0.4) is 0 Å². The Balaban J connectivity index is 2.41. The van der Waals surface area contributed by atoms with Gasteiger partial charge in [0.05, 0.1) is 4.47 Å². The first-order valence-corrected chi connectivity index (χ1v) is 5.58. The summed E-state index contributed by atoms with van der Waals surface area (Å²) in [6.45, 7) is 0.844. The number of nitrogens with zero attached hydrogens (tertiary/aromatic N) is 1. The van der Waals surface area contributed by atoms with Crippen LogP contribution in [0, 0.1) is 0 Å². The largest absolute Gasteiger partial charge is 0.320 e. The maximum absolute atomic E-state index is 11.4. The summed E-state index contributed by atoms with van der Waals surface area (Å²) in [4.78, 5) is 15.5. The number of carbonyl (C=O) groups is 1. The van der Waals surface area contributed by atoms with E-state index in [-0.39, 0.29) is 5.91 Å². The second-order valence-electron chi connectivity index (χ2n) is 3.09. The average Bonchev–Trinajstić information content (AvgIpc) is 2.22. The van der Waals surface area contributed by atoms with Gasteiger partial charge in [-0.2, -0.15) is 0 Å². The molecule has 1 amide bonds. The van der Waals surface area contributed by atoms with Crippen LogP contribution in [0.2, 0.25) is 0 Å². The van der Waals surface area contributed by atoms with E-state index in [0.717, 1.165) is 17.4 Å². The zero-order chi connectivity index (χ0) is 11.1. The van der Waals surface area contributed by atoms with E-state index in [1.54, 1.807) is 12.3 Å². The van der Waals surface area contributed by atoms with Crippen LogP contribution >= 0.6 is 15.9 Å². The van der Waals surface area contributed by atoms with Gasteiger partial charge < -0.3 is 10.6 Å². The highest BCUT2D eigenvalue weighted by Gasteiger charge is 2.05. The molecular weight excluding hydrogens is 258 g/mol. The first-order chi connectivity index (χ1) is 7.24. The Labute approximate surface area is 97.6 Å². The molecule has 0 aromatic carbocycles. The lowest BCUT2D eigenvalue weighted by Gasteiger charge is -2.05. The highest BCUT2D eigenvalue weighted by Crippen LogP contribution is 2.18. The molecule has 0 spiro atoms. The fourth-order valence-electron chi connectivity index (χ4n) is 1.10. The normalized spacial score (nSPS) is 10.0. The van der Waals surface area contributed by atoms with Crippen molar-refractivity contribution in [1.29, 1.82) is 0 Å². The summed E-state index contributed by atoms with van der Waals surface area (Å²) >= 11 is 3.32. The number of anilines is 1. The Morgan fingerprint density at radius 1 is 1.60 bits per heavy atom. The van der Waals surface area contributed by atoms with Crippen LogP contribution in [0.1, 0.15) is 12.8 Å². The van der Waals surface area contributed by atoms with Gasteiger partial charge in [0.1, 0.15) is 5.82 Å². The third-order valence-corrected chi connectivity index (χ3v) is 2.49. The van der Waals surface area contributed by atoms with Crippen molar-refractivity contribution in [1.82, 2.24) is 10.3 Å². The molecule has 1 rings (SSSR count). The van der Waals surface area contributed by atoms with E-state index < -0.39 is 0 Å². The summed E-state index contributed by atoms with van der Waals surface area (Å²) < 4.78 is 0.798. The number of rotatable bonds is 5. The average molecular weight is 272 g/mol. The lowest BCUT2D eigenvalue weighted by molar-refractivity contribution is -0.116. The van der Waals surface area contributed by atoms with Crippen LogP contribution in [-0.4, -0.2) is 24.5 Å². The number of carbonyl (C=O) groups excluding carboxylic acids is 1. The molecule has 0 radical (unpaired) electrons. The fraction of sp³-hybridized carbons (Fsp3) is 0.400. The molecule has 1 aromatic heterocycles. The Bertz CT molecular complexity index is 330. The molecule has 1 aromatic rings. The monoisotopic (exact) mass is 271 g/mol. The summed E-state index contributed by atoms with van der Waals surface area (Å²) in [5.41, 5.74) is 0. The number of nitrogens with one attached hydrogen (secondary N) is 2. The van der Waals surface area contributed by atoms with E-state index in [0.29, 0.717) is 12.2 Å². The summed E-state index contributed by atoms with van der Waals surface area (Å²) in [5, 5.41) is 5.74. The molecule has 4 nitrogen and oxygen atoms in total. The van der Waals surface area contributed by atoms with Gasteiger partial charge in [-0.15, -0.1) is 0 Å². The lowest BCUT2D eigenvalue weighted by Crippen LogP contribution is -2.16. The molecule has 0 atom stereocenters. The van der Waals surface area contributed by atoms with Crippen LogP contribution in [0.25, 0.3) is 0 Å². The molecule has 82 valence electrons. The molecule has 0 aliphatic carbocycles. The van der Waals surface area contributed by atoms with Crippen LogP contribution in [0.4, 0.5) is 5.82 Å². The van der Waals surface area contributed by atoms with Gasteiger partial charge in [0, 0.05) is 12.6 Å². The Morgan fingerprint density at radius 2 is 2.40 bits per heavy atom. The van der Waals surface area contributed by atoms with Crippen molar-refractivity contribution < 1.29 is 4.79 Å². The van der Waals surface area contributed by atoms with E-state index in [9.17, 15) is 4.79 Å². The molecule has 2 N–H and O–H groups in total. The number of halogens is 1. The minimum absolute atomic E-state index is 0.00958. The molecule has 0 saturated heterocycles. The molecule has 15 heavy (non-hydrogen) atoms. The molecule has 0 unspecified atom stereocenters. The van der Waals surface area contributed by atoms with Gasteiger partial charge in [0.25, 0.3) is 0 Å². The zero-order valence-electron chi connectivity index (χ0n) is 8.59. The first kappa shape index (κ1) is 12.1. The Hall–Kier alpha value is -0.940. The van der Waals surface area contributed by atoms with Crippen molar-refractivity contribution in [3.05, 3.63) is 22.8 Å². The van der Waals surface area contributed by atoms with Gasteiger partial charge in [-0.05, 0) is 48.1 Å². The third-order valence-electron chi connectivity index (χ3n) is 1.85. The van der Waals surface area contributed by atoms with Gasteiger partial charge in [-0.3, -0.25) is 4.79 Å². The molecule has 0 aliphatic heterocycles. The van der Waals surface area contributed by atoms with Crippen LogP contribution < -0.4 is 10.6 Å². The van der Waals surface area contributed by atoms with Crippen molar-refractivity contribution in [2.45, 2.75) is 12.8 Å². The van der Waals surface area contributed by atoms with Crippen molar-refractivity contribution in [3.63, 3.8) is 0 Å².